The van der Waals surface area contributed by atoms with E-state index in [0.29, 0.717) is 16.0 Å². The fourth-order valence-electron chi connectivity index (χ4n) is 2.51. The summed E-state index contributed by atoms with van der Waals surface area (Å²) in [6.07, 6.45) is 4.78. The van der Waals surface area contributed by atoms with Crippen molar-refractivity contribution in [1.29, 1.82) is 0 Å². The third kappa shape index (κ3) is 3.22. The molecule has 7 nitrogen and oxygen atoms in total. The first-order chi connectivity index (χ1) is 12.7. The molecule has 1 aromatic carbocycles. The van der Waals surface area contributed by atoms with Crippen LogP contribution in [0.15, 0.2) is 65.3 Å². The normalized spacial score (nSPS) is 10.8. The standard InChI is InChI=1S/C18H13N5O2S/c24-16(9-23-11-20-14-6-2-1-5-13(14)17(23)25)22-18-21-15(10-26-18)12-4-3-7-19-8-12/h1-8,10-11H,9H2,(H,21,22,24). The molecule has 0 aliphatic heterocycles. The summed E-state index contributed by atoms with van der Waals surface area (Å²) in [6, 6.07) is 10.8. The van der Waals surface area contributed by atoms with Gasteiger partial charge in [0.25, 0.3) is 5.56 Å². The number of nitrogens with one attached hydrogen (secondary N) is 1. The first-order valence-electron chi connectivity index (χ1n) is 7.81. The molecule has 128 valence electrons. The van der Waals surface area contributed by atoms with E-state index < -0.39 is 0 Å². The smallest absolute Gasteiger partial charge is 0.261 e. The van der Waals surface area contributed by atoms with Crippen LogP contribution in [0.25, 0.3) is 22.2 Å². The Labute approximate surface area is 152 Å². The van der Waals surface area contributed by atoms with Crippen molar-refractivity contribution in [3.63, 3.8) is 0 Å². The molecule has 0 unspecified atom stereocenters. The Morgan fingerprint density at radius 3 is 2.92 bits per heavy atom. The first kappa shape index (κ1) is 16.1. The van der Waals surface area contributed by atoms with E-state index in [-0.39, 0.29) is 18.0 Å². The molecular weight excluding hydrogens is 350 g/mol. The van der Waals surface area contributed by atoms with Gasteiger partial charge in [-0.1, -0.05) is 12.1 Å². The summed E-state index contributed by atoms with van der Waals surface area (Å²) >= 11 is 1.32. The summed E-state index contributed by atoms with van der Waals surface area (Å²) < 4.78 is 1.29. The van der Waals surface area contributed by atoms with Crippen LogP contribution in [0.4, 0.5) is 5.13 Å². The zero-order chi connectivity index (χ0) is 17.9. The van der Waals surface area contributed by atoms with Crippen LogP contribution < -0.4 is 10.9 Å². The Balaban J connectivity index is 1.51. The predicted octanol–water partition coefficient (Wildman–Crippen LogP) is 2.55. The van der Waals surface area contributed by atoms with Crippen LogP contribution in [0, 0.1) is 0 Å². The second-order valence-corrected chi connectivity index (χ2v) is 6.38. The van der Waals surface area contributed by atoms with Crippen molar-refractivity contribution in [3.05, 3.63) is 70.9 Å². The average molecular weight is 363 g/mol. The Morgan fingerprint density at radius 2 is 2.08 bits per heavy atom. The number of para-hydroxylation sites is 1. The molecule has 0 aliphatic rings. The molecular formula is C18H13N5O2S. The summed E-state index contributed by atoms with van der Waals surface area (Å²) in [6.45, 7) is -0.127. The molecule has 0 aliphatic carbocycles. The zero-order valence-corrected chi connectivity index (χ0v) is 14.3. The molecule has 0 radical (unpaired) electrons. The molecule has 4 aromatic rings. The first-order valence-corrected chi connectivity index (χ1v) is 8.68. The van der Waals surface area contributed by atoms with Crippen LogP contribution in [-0.2, 0) is 11.3 Å². The number of hydrogen-bond donors (Lipinski definition) is 1. The molecule has 0 atom stereocenters. The number of carbonyl (C=O) groups excluding carboxylic acids is 1. The third-order valence-electron chi connectivity index (χ3n) is 3.75. The lowest BCUT2D eigenvalue weighted by Crippen LogP contribution is -2.27. The molecule has 0 saturated heterocycles. The Morgan fingerprint density at radius 1 is 1.19 bits per heavy atom. The average Bonchev–Trinajstić information content (AvgIpc) is 3.13. The quantitative estimate of drug-likeness (QED) is 0.602. The van der Waals surface area contributed by atoms with Gasteiger partial charge in [0.15, 0.2) is 5.13 Å². The van der Waals surface area contributed by atoms with E-state index in [9.17, 15) is 9.59 Å². The number of fused-ring (bicyclic) bond motifs is 1. The van der Waals surface area contributed by atoms with Gasteiger partial charge in [-0.2, -0.15) is 0 Å². The van der Waals surface area contributed by atoms with Gasteiger partial charge in [0.1, 0.15) is 6.54 Å². The van der Waals surface area contributed by atoms with E-state index >= 15 is 0 Å². The largest absolute Gasteiger partial charge is 0.300 e. The maximum Gasteiger partial charge on any atom is 0.261 e. The van der Waals surface area contributed by atoms with Crippen molar-refractivity contribution < 1.29 is 4.79 Å². The van der Waals surface area contributed by atoms with Gasteiger partial charge >= 0.3 is 0 Å². The maximum absolute atomic E-state index is 12.4. The number of benzene rings is 1. The molecule has 0 fully saturated rings. The Kier molecular flexibility index (Phi) is 4.24. The SMILES string of the molecule is O=C(Cn1cnc2ccccc2c1=O)Nc1nc(-c2cccnc2)cs1. The van der Waals surface area contributed by atoms with E-state index in [0.717, 1.165) is 11.3 Å². The minimum absolute atomic E-state index is 0.127. The van der Waals surface area contributed by atoms with Crippen LogP contribution in [0.3, 0.4) is 0 Å². The van der Waals surface area contributed by atoms with E-state index in [4.69, 9.17) is 0 Å². The molecule has 3 aromatic heterocycles. The summed E-state index contributed by atoms with van der Waals surface area (Å²) in [5.74, 6) is -0.337. The molecule has 0 bridgehead atoms. The second-order valence-electron chi connectivity index (χ2n) is 5.52. The molecule has 0 saturated carbocycles. The molecule has 8 heteroatoms. The number of anilines is 1. The highest BCUT2D eigenvalue weighted by molar-refractivity contribution is 7.14. The minimum Gasteiger partial charge on any atom is -0.300 e. The van der Waals surface area contributed by atoms with Gasteiger partial charge in [0.2, 0.25) is 5.91 Å². The molecule has 0 spiro atoms. The van der Waals surface area contributed by atoms with Crippen LogP contribution in [0.1, 0.15) is 0 Å². The summed E-state index contributed by atoms with van der Waals surface area (Å²) in [5.41, 5.74) is 1.97. The summed E-state index contributed by atoms with van der Waals surface area (Å²) in [7, 11) is 0. The van der Waals surface area contributed by atoms with E-state index in [1.807, 2.05) is 23.6 Å². The molecule has 4 rings (SSSR count). The highest BCUT2D eigenvalue weighted by atomic mass is 32.1. The van der Waals surface area contributed by atoms with Crippen LogP contribution in [-0.4, -0.2) is 25.4 Å². The van der Waals surface area contributed by atoms with E-state index in [2.05, 4.69) is 20.3 Å². The van der Waals surface area contributed by atoms with Crippen LogP contribution in [0.5, 0.6) is 0 Å². The number of carbonyl (C=O) groups is 1. The molecule has 3 heterocycles. The van der Waals surface area contributed by atoms with Crippen molar-refractivity contribution in [1.82, 2.24) is 19.5 Å². The van der Waals surface area contributed by atoms with Gasteiger partial charge < -0.3 is 5.32 Å². The van der Waals surface area contributed by atoms with Gasteiger partial charge in [0, 0.05) is 23.3 Å². The third-order valence-corrected chi connectivity index (χ3v) is 4.51. The van der Waals surface area contributed by atoms with Gasteiger partial charge in [-0.05, 0) is 24.3 Å². The van der Waals surface area contributed by atoms with Gasteiger partial charge in [0.05, 0.1) is 22.9 Å². The molecule has 26 heavy (non-hydrogen) atoms. The number of pyridine rings is 1. The number of amides is 1. The number of hydrogen-bond acceptors (Lipinski definition) is 6. The lowest BCUT2D eigenvalue weighted by Gasteiger charge is -2.06. The van der Waals surface area contributed by atoms with Crippen molar-refractivity contribution in [2.75, 3.05) is 5.32 Å². The highest BCUT2D eigenvalue weighted by Gasteiger charge is 2.11. The maximum atomic E-state index is 12.4. The van der Waals surface area contributed by atoms with E-state index in [1.54, 1.807) is 30.6 Å². The van der Waals surface area contributed by atoms with Crippen LogP contribution in [0.2, 0.25) is 0 Å². The number of aromatic nitrogens is 4. The summed E-state index contributed by atoms with van der Waals surface area (Å²) in [5, 5.41) is 5.51. The molecule has 1 N–H and O–H groups in total. The number of thiazole rings is 1. The highest BCUT2D eigenvalue weighted by Crippen LogP contribution is 2.23. The lowest BCUT2D eigenvalue weighted by atomic mass is 10.2. The molecule has 1 amide bonds. The van der Waals surface area contributed by atoms with Crippen molar-refractivity contribution in [3.8, 4) is 11.3 Å². The second kappa shape index (κ2) is 6.85. The Hall–Kier alpha value is -3.39. The van der Waals surface area contributed by atoms with Gasteiger partial charge in [-0.15, -0.1) is 11.3 Å². The topological polar surface area (TPSA) is 89.8 Å². The lowest BCUT2D eigenvalue weighted by molar-refractivity contribution is -0.116. The van der Waals surface area contributed by atoms with Crippen molar-refractivity contribution >= 4 is 33.3 Å². The van der Waals surface area contributed by atoms with Crippen molar-refractivity contribution in [2.24, 2.45) is 0 Å². The zero-order valence-electron chi connectivity index (χ0n) is 13.5. The fraction of sp³-hybridized carbons (Fsp3) is 0.0556. The number of nitrogens with zero attached hydrogens (tertiary/aromatic N) is 4. The Bertz CT molecular complexity index is 1140. The van der Waals surface area contributed by atoms with Crippen molar-refractivity contribution in [2.45, 2.75) is 6.54 Å². The van der Waals surface area contributed by atoms with Crippen LogP contribution >= 0.6 is 11.3 Å². The fourth-order valence-corrected chi connectivity index (χ4v) is 3.25. The predicted molar refractivity (Wildman–Crippen MR) is 100.0 cm³/mol. The summed E-state index contributed by atoms with van der Waals surface area (Å²) in [4.78, 5) is 37.3. The van der Waals surface area contributed by atoms with E-state index in [1.165, 1.54) is 22.2 Å². The number of rotatable bonds is 4. The van der Waals surface area contributed by atoms with Gasteiger partial charge in [-0.3, -0.25) is 19.1 Å². The minimum atomic E-state index is -0.337. The van der Waals surface area contributed by atoms with Gasteiger partial charge in [-0.25, -0.2) is 9.97 Å². The monoisotopic (exact) mass is 363 g/mol.